The van der Waals surface area contributed by atoms with Crippen LogP contribution in [0.1, 0.15) is 24.0 Å². The molecule has 2 heteroatoms. The van der Waals surface area contributed by atoms with Crippen LogP contribution in [0.5, 0.6) is 0 Å². The minimum atomic E-state index is 1.10. The van der Waals surface area contributed by atoms with Crippen molar-refractivity contribution in [2.45, 2.75) is 25.7 Å². The molecule has 0 atom stereocenters. The molecule has 0 unspecified atom stereocenters. The molecule has 0 aliphatic rings. The molecule has 2 nitrogen and oxygen atoms in total. The first-order valence-electron chi connectivity index (χ1n) is 10.8. The zero-order valence-electron chi connectivity index (χ0n) is 16.9. The standard InChI is InChI=1S/C28H24N2/c1(9-19-11-7-15-23-21-13-3-5-17-25(21)29-27(19)23)2-10-20-12-8-16-24-22-14-4-6-18-26(22)30-28(20)24/h3-8,11-18,29-30H,1-2,9-10H2. The van der Waals surface area contributed by atoms with Crippen LogP contribution in [0.25, 0.3) is 43.6 Å². The zero-order chi connectivity index (χ0) is 19.9. The Bertz CT molecular complexity index is 1380. The molecule has 0 aliphatic heterocycles. The van der Waals surface area contributed by atoms with E-state index in [4.69, 9.17) is 0 Å². The van der Waals surface area contributed by atoms with Crippen LogP contribution >= 0.6 is 0 Å². The summed E-state index contributed by atoms with van der Waals surface area (Å²) in [4.78, 5) is 7.28. The van der Waals surface area contributed by atoms with Crippen molar-refractivity contribution in [3.8, 4) is 0 Å². The van der Waals surface area contributed by atoms with Crippen LogP contribution in [0.2, 0.25) is 0 Å². The second-order valence-corrected chi connectivity index (χ2v) is 8.23. The Morgan fingerprint density at radius 3 is 1.37 bits per heavy atom. The Morgan fingerprint density at radius 1 is 0.433 bits per heavy atom. The van der Waals surface area contributed by atoms with Crippen LogP contribution in [0.4, 0.5) is 0 Å². The molecular formula is C28H24N2. The predicted molar refractivity (Wildman–Crippen MR) is 128 cm³/mol. The molecule has 2 heterocycles. The minimum Gasteiger partial charge on any atom is -0.354 e. The van der Waals surface area contributed by atoms with Crippen LogP contribution < -0.4 is 0 Å². The molecule has 0 spiro atoms. The van der Waals surface area contributed by atoms with Gasteiger partial charge in [0.15, 0.2) is 0 Å². The van der Waals surface area contributed by atoms with Crippen LogP contribution in [-0.2, 0) is 12.8 Å². The van der Waals surface area contributed by atoms with Gasteiger partial charge in [0, 0.05) is 43.6 Å². The maximum atomic E-state index is 3.64. The highest BCUT2D eigenvalue weighted by Crippen LogP contribution is 2.30. The van der Waals surface area contributed by atoms with E-state index >= 15 is 0 Å². The first-order valence-corrected chi connectivity index (χ1v) is 10.8. The Hall–Kier alpha value is -3.52. The quantitative estimate of drug-likeness (QED) is 0.286. The summed E-state index contributed by atoms with van der Waals surface area (Å²) in [6, 6.07) is 30.6. The van der Waals surface area contributed by atoms with E-state index in [2.05, 4.69) is 94.9 Å². The Balaban J connectivity index is 1.22. The third-order valence-electron chi connectivity index (χ3n) is 6.40. The number of aromatic nitrogens is 2. The lowest BCUT2D eigenvalue weighted by molar-refractivity contribution is 0.738. The molecule has 0 saturated heterocycles. The van der Waals surface area contributed by atoms with Gasteiger partial charge in [0.05, 0.1) is 0 Å². The van der Waals surface area contributed by atoms with Crippen molar-refractivity contribution >= 4 is 43.6 Å². The predicted octanol–water partition coefficient (Wildman–Crippen LogP) is 7.52. The second kappa shape index (κ2) is 7.07. The molecule has 4 aromatic carbocycles. The van der Waals surface area contributed by atoms with Gasteiger partial charge in [-0.3, -0.25) is 0 Å². The number of nitrogens with one attached hydrogen (secondary N) is 2. The third kappa shape index (κ3) is 2.80. The van der Waals surface area contributed by atoms with Crippen molar-refractivity contribution in [2.24, 2.45) is 0 Å². The summed E-state index contributed by atoms with van der Waals surface area (Å²) in [5.74, 6) is 0. The Kier molecular flexibility index (Phi) is 4.09. The molecule has 30 heavy (non-hydrogen) atoms. The number of aryl methyl sites for hydroxylation is 2. The van der Waals surface area contributed by atoms with Gasteiger partial charge in [-0.15, -0.1) is 0 Å². The summed E-state index contributed by atoms with van der Waals surface area (Å²) >= 11 is 0. The van der Waals surface area contributed by atoms with Gasteiger partial charge in [-0.05, 0) is 48.9 Å². The highest BCUT2D eigenvalue weighted by molar-refractivity contribution is 6.09. The number of unbranched alkanes of at least 4 members (excludes halogenated alkanes) is 1. The Morgan fingerprint density at radius 2 is 0.867 bits per heavy atom. The molecule has 2 aromatic heterocycles. The molecule has 0 fully saturated rings. The average Bonchev–Trinajstić information content (AvgIpc) is 3.36. The monoisotopic (exact) mass is 388 g/mol. The zero-order valence-corrected chi connectivity index (χ0v) is 16.9. The molecule has 2 N–H and O–H groups in total. The molecule has 6 aromatic rings. The number of hydrogen-bond acceptors (Lipinski definition) is 0. The summed E-state index contributed by atoms with van der Waals surface area (Å²) < 4.78 is 0. The van der Waals surface area contributed by atoms with E-state index in [-0.39, 0.29) is 0 Å². The minimum absolute atomic E-state index is 1.10. The van der Waals surface area contributed by atoms with Gasteiger partial charge in [-0.1, -0.05) is 72.8 Å². The fourth-order valence-corrected chi connectivity index (χ4v) is 4.92. The van der Waals surface area contributed by atoms with Crippen molar-refractivity contribution in [1.82, 2.24) is 9.97 Å². The van der Waals surface area contributed by atoms with Gasteiger partial charge < -0.3 is 9.97 Å². The number of benzene rings is 4. The summed E-state index contributed by atoms with van der Waals surface area (Å²) in [6.45, 7) is 0. The number of aromatic amines is 2. The van der Waals surface area contributed by atoms with E-state index in [1.54, 1.807) is 0 Å². The van der Waals surface area contributed by atoms with Crippen molar-refractivity contribution in [1.29, 1.82) is 0 Å². The SMILES string of the molecule is c1ccc2c(c1)[nH]c1c(CCCCc3cccc4c3[nH]c3ccccc34)cccc12. The molecule has 0 bridgehead atoms. The second-order valence-electron chi connectivity index (χ2n) is 8.23. The van der Waals surface area contributed by atoms with Gasteiger partial charge in [0.2, 0.25) is 0 Å². The third-order valence-corrected chi connectivity index (χ3v) is 6.40. The molecule has 0 aliphatic carbocycles. The maximum absolute atomic E-state index is 3.64. The number of rotatable bonds is 5. The van der Waals surface area contributed by atoms with Crippen LogP contribution in [0, 0.1) is 0 Å². The normalized spacial score (nSPS) is 11.9. The molecule has 0 amide bonds. The molecule has 0 saturated carbocycles. The highest BCUT2D eigenvalue weighted by Gasteiger charge is 2.09. The molecule has 146 valence electrons. The first-order chi connectivity index (χ1) is 14.9. The van der Waals surface area contributed by atoms with E-state index in [9.17, 15) is 0 Å². The summed E-state index contributed by atoms with van der Waals surface area (Å²) in [5, 5.41) is 5.32. The van der Waals surface area contributed by atoms with Gasteiger partial charge in [-0.25, -0.2) is 0 Å². The summed E-state index contributed by atoms with van der Waals surface area (Å²) in [6.07, 6.45) is 4.58. The van der Waals surface area contributed by atoms with Crippen LogP contribution in [0.15, 0.2) is 84.9 Å². The van der Waals surface area contributed by atoms with E-state index in [0.717, 1.165) is 12.8 Å². The molecular weight excluding hydrogens is 364 g/mol. The topological polar surface area (TPSA) is 31.6 Å². The van der Waals surface area contributed by atoms with Crippen molar-refractivity contribution in [3.05, 3.63) is 96.1 Å². The lowest BCUT2D eigenvalue weighted by atomic mass is 10.0. The number of H-pyrrole nitrogens is 2. The molecule has 6 rings (SSSR count). The van der Waals surface area contributed by atoms with Crippen molar-refractivity contribution < 1.29 is 0 Å². The molecule has 0 radical (unpaired) electrons. The van der Waals surface area contributed by atoms with Crippen molar-refractivity contribution in [2.75, 3.05) is 0 Å². The van der Waals surface area contributed by atoms with E-state index in [1.165, 1.54) is 67.6 Å². The van der Waals surface area contributed by atoms with Crippen molar-refractivity contribution in [3.63, 3.8) is 0 Å². The average molecular weight is 389 g/mol. The van der Waals surface area contributed by atoms with E-state index in [1.807, 2.05) is 0 Å². The van der Waals surface area contributed by atoms with Gasteiger partial charge >= 0.3 is 0 Å². The maximum Gasteiger partial charge on any atom is 0.0497 e. The van der Waals surface area contributed by atoms with E-state index in [0.29, 0.717) is 0 Å². The first kappa shape index (κ1) is 17.3. The van der Waals surface area contributed by atoms with Crippen LogP contribution in [0.3, 0.4) is 0 Å². The van der Waals surface area contributed by atoms with E-state index < -0.39 is 0 Å². The number of hydrogen-bond donors (Lipinski definition) is 2. The largest absolute Gasteiger partial charge is 0.354 e. The lowest BCUT2D eigenvalue weighted by Gasteiger charge is -2.06. The Labute approximate surface area is 175 Å². The fourth-order valence-electron chi connectivity index (χ4n) is 4.92. The highest BCUT2D eigenvalue weighted by atomic mass is 14.7. The van der Waals surface area contributed by atoms with Gasteiger partial charge in [0.25, 0.3) is 0 Å². The summed E-state index contributed by atoms with van der Waals surface area (Å²) in [5.41, 5.74) is 7.91. The lowest BCUT2D eigenvalue weighted by Crippen LogP contribution is -1.91. The smallest absolute Gasteiger partial charge is 0.0497 e. The summed E-state index contributed by atoms with van der Waals surface area (Å²) in [7, 11) is 0. The van der Waals surface area contributed by atoms with Gasteiger partial charge in [-0.2, -0.15) is 0 Å². The number of fused-ring (bicyclic) bond motifs is 6. The van der Waals surface area contributed by atoms with Crippen LogP contribution in [-0.4, -0.2) is 9.97 Å². The fraction of sp³-hybridized carbons (Fsp3) is 0.143. The van der Waals surface area contributed by atoms with Gasteiger partial charge in [0.1, 0.15) is 0 Å². The number of para-hydroxylation sites is 4.